The number of anilines is 1. The maximum atomic E-state index is 12.8. The summed E-state index contributed by atoms with van der Waals surface area (Å²) >= 11 is 0. The van der Waals surface area contributed by atoms with Gasteiger partial charge in [-0.15, -0.1) is 0 Å². The van der Waals surface area contributed by atoms with E-state index in [-0.39, 0.29) is 17.7 Å². The van der Waals surface area contributed by atoms with Crippen LogP contribution in [0.15, 0.2) is 12.3 Å². The van der Waals surface area contributed by atoms with Crippen molar-refractivity contribution in [3.05, 3.63) is 34.9 Å². The molecule has 0 aromatic carbocycles. The second-order valence-electron chi connectivity index (χ2n) is 7.59. The molecule has 1 aliphatic heterocycles. The molecule has 0 bridgehead atoms. The van der Waals surface area contributed by atoms with Crippen LogP contribution >= 0.6 is 0 Å². The highest BCUT2D eigenvalue weighted by molar-refractivity contribution is 5.95. The number of aromatic nitrogens is 4. The standard InChI is InChI=1S/C19H27N7O2/c1-12-9-15(22-25(12)6)18(28)26-8-7-13(11-26)16-14(17(27)23(2)3)10-20-19(21-16)24(4)5/h9-10,13H,7-8,11H2,1-6H3. The van der Waals surface area contributed by atoms with Crippen molar-refractivity contribution in [3.63, 3.8) is 0 Å². The van der Waals surface area contributed by atoms with Crippen molar-refractivity contribution in [1.82, 2.24) is 29.5 Å². The van der Waals surface area contributed by atoms with Crippen LogP contribution in [0.3, 0.4) is 0 Å². The van der Waals surface area contributed by atoms with Crippen LogP contribution in [0.1, 0.15) is 44.6 Å². The van der Waals surface area contributed by atoms with Gasteiger partial charge in [-0.05, 0) is 19.4 Å². The zero-order valence-electron chi connectivity index (χ0n) is 17.3. The summed E-state index contributed by atoms with van der Waals surface area (Å²) in [6.45, 7) is 3.03. The molecule has 0 saturated carbocycles. The molecule has 0 spiro atoms. The summed E-state index contributed by atoms with van der Waals surface area (Å²) in [4.78, 5) is 39.5. The molecule has 2 aromatic rings. The molecule has 2 aromatic heterocycles. The van der Waals surface area contributed by atoms with Crippen molar-refractivity contribution in [1.29, 1.82) is 0 Å². The average molecular weight is 385 g/mol. The predicted octanol–water partition coefficient (Wildman–Crippen LogP) is 0.916. The second-order valence-corrected chi connectivity index (χ2v) is 7.59. The van der Waals surface area contributed by atoms with Gasteiger partial charge in [-0.25, -0.2) is 9.97 Å². The summed E-state index contributed by atoms with van der Waals surface area (Å²) < 4.78 is 1.70. The third-order valence-electron chi connectivity index (χ3n) is 5.04. The Bertz CT molecular complexity index is 884. The summed E-state index contributed by atoms with van der Waals surface area (Å²) in [5.74, 6) is 0.309. The zero-order chi connectivity index (χ0) is 20.6. The minimum atomic E-state index is -0.134. The highest BCUT2D eigenvalue weighted by Crippen LogP contribution is 2.30. The quantitative estimate of drug-likeness (QED) is 0.778. The monoisotopic (exact) mass is 385 g/mol. The van der Waals surface area contributed by atoms with Crippen LogP contribution in [0, 0.1) is 6.92 Å². The molecule has 3 rings (SSSR count). The van der Waals surface area contributed by atoms with E-state index in [0.29, 0.717) is 36.0 Å². The van der Waals surface area contributed by atoms with E-state index < -0.39 is 0 Å². The molecule has 150 valence electrons. The van der Waals surface area contributed by atoms with E-state index in [9.17, 15) is 9.59 Å². The molecular weight excluding hydrogens is 358 g/mol. The fraction of sp³-hybridized carbons (Fsp3) is 0.526. The minimum absolute atomic E-state index is 0.0191. The number of rotatable bonds is 4. The van der Waals surface area contributed by atoms with Gasteiger partial charge in [0.1, 0.15) is 0 Å². The van der Waals surface area contributed by atoms with Gasteiger partial charge in [-0.3, -0.25) is 14.3 Å². The molecule has 9 heteroatoms. The first-order valence-corrected chi connectivity index (χ1v) is 9.25. The maximum Gasteiger partial charge on any atom is 0.274 e. The number of aryl methyl sites for hydroxylation is 2. The van der Waals surface area contributed by atoms with Crippen molar-refractivity contribution < 1.29 is 9.59 Å². The van der Waals surface area contributed by atoms with E-state index >= 15 is 0 Å². The molecule has 1 atom stereocenters. The summed E-state index contributed by atoms with van der Waals surface area (Å²) in [5, 5.41) is 4.29. The van der Waals surface area contributed by atoms with E-state index in [1.54, 1.807) is 35.9 Å². The number of nitrogens with zero attached hydrogens (tertiary/aromatic N) is 7. The molecule has 28 heavy (non-hydrogen) atoms. The van der Waals surface area contributed by atoms with Gasteiger partial charge in [0, 0.05) is 66.1 Å². The SMILES string of the molecule is Cc1cc(C(=O)N2CCC(c3nc(N(C)C)ncc3C(=O)N(C)C)C2)nn1C. The van der Waals surface area contributed by atoms with Crippen molar-refractivity contribution in [3.8, 4) is 0 Å². The van der Waals surface area contributed by atoms with E-state index in [1.165, 1.54) is 4.90 Å². The fourth-order valence-electron chi connectivity index (χ4n) is 3.31. The van der Waals surface area contributed by atoms with E-state index in [4.69, 9.17) is 0 Å². The molecule has 9 nitrogen and oxygen atoms in total. The number of amides is 2. The van der Waals surface area contributed by atoms with Crippen LogP contribution in [0.4, 0.5) is 5.95 Å². The first-order chi connectivity index (χ1) is 13.2. The highest BCUT2D eigenvalue weighted by atomic mass is 16.2. The Morgan fingerprint density at radius 2 is 1.93 bits per heavy atom. The van der Waals surface area contributed by atoms with Crippen molar-refractivity contribution in [2.45, 2.75) is 19.3 Å². The van der Waals surface area contributed by atoms with Crippen molar-refractivity contribution in [2.24, 2.45) is 7.05 Å². The molecular formula is C19H27N7O2. The smallest absolute Gasteiger partial charge is 0.274 e. The fourth-order valence-corrected chi connectivity index (χ4v) is 3.31. The van der Waals surface area contributed by atoms with Gasteiger partial charge < -0.3 is 14.7 Å². The molecule has 2 amide bonds. The molecule has 0 N–H and O–H groups in total. The first kappa shape index (κ1) is 19.8. The number of likely N-dealkylation sites (tertiary alicyclic amines) is 1. The lowest BCUT2D eigenvalue weighted by Gasteiger charge is -2.20. The largest absolute Gasteiger partial charge is 0.347 e. The molecule has 1 aliphatic rings. The minimum Gasteiger partial charge on any atom is -0.347 e. The third-order valence-corrected chi connectivity index (χ3v) is 5.04. The van der Waals surface area contributed by atoms with Crippen LogP contribution in [-0.2, 0) is 7.05 Å². The number of hydrogen-bond acceptors (Lipinski definition) is 6. The highest BCUT2D eigenvalue weighted by Gasteiger charge is 2.33. The van der Waals surface area contributed by atoms with Crippen molar-refractivity contribution >= 4 is 17.8 Å². The van der Waals surface area contributed by atoms with E-state index in [0.717, 1.165) is 12.1 Å². The lowest BCUT2D eigenvalue weighted by atomic mass is 9.99. The van der Waals surface area contributed by atoms with Gasteiger partial charge >= 0.3 is 0 Å². The second kappa shape index (κ2) is 7.57. The first-order valence-electron chi connectivity index (χ1n) is 9.25. The molecule has 1 saturated heterocycles. The summed E-state index contributed by atoms with van der Waals surface area (Å²) in [6, 6.07) is 1.80. The van der Waals surface area contributed by atoms with Crippen LogP contribution in [0.25, 0.3) is 0 Å². The van der Waals surface area contributed by atoms with Gasteiger partial charge in [0.05, 0.1) is 11.3 Å². The van der Waals surface area contributed by atoms with E-state index in [2.05, 4.69) is 15.1 Å². The molecule has 0 radical (unpaired) electrons. The van der Waals surface area contributed by atoms with Crippen molar-refractivity contribution in [2.75, 3.05) is 46.2 Å². The van der Waals surface area contributed by atoms with Gasteiger partial charge in [-0.1, -0.05) is 0 Å². The molecule has 0 aliphatic carbocycles. The molecule has 1 unspecified atom stereocenters. The van der Waals surface area contributed by atoms with E-state index in [1.807, 2.05) is 33.0 Å². The summed E-state index contributed by atoms with van der Waals surface area (Å²) in [5.41, 5.74) is 2.57. The van der Waals surface area contributed by atoms with Gasteiger partial charge in [-0.2, -0.15) is 5.10 Å². The summed E-state index contributed by atoms with van der Waals surface area (Å²) in [6.07, 6.45) is 2.34. The third kappa shape index (κ3) is 3.69. The zero-order valence-corrected chi connectivity index (χ0v) is 17.3. The van der Waals surface area contributed by atoms with Crippen LogP contribution in [0.5, 0.6) is 0 Å². The normalized spacial score (nSPS) is 16.4. The Kier molecular flexibility index (Phi) is 5.35. The lowest BCUT2D eigenvalue weighted by molar-refractivity contribution is 0.0784. The maximum absolute atomic E-state index is 12.8. The predicted molar refractivity (Wildman–Crippen MR) is 106 cm³/mol. The Balaban J connectivity index is 1.88. The van der Waals surface area contributed by atoms with Gasteiger partial charge in [0.15, 0.2) is 5.69 Å². The lowest BCUT2D eigenvalue weighted by Crippen LogP contribution is -2.30. The number of hydrogen-bond donors (Lipinski definition) is 0. The van der Waals surface area contributed by atoms with Crippen LogP contribution in [0.2, 0.25) is 0 Å². The summed E-state index contributed by atoms with van der Waals surface area (Å²) in [7, 11) is 8.96. The average Bonchev–Trinajstić information content (AvgIpc) is 3.27. The molecule has 3 heterocycles. The Labute approximate surface area is 165 Å². The van der Waals surface area contributed by atoms with Crippen LogP contribution in [-0.4, -0.2) is 82.6 Å². The Morgan fingerprint density at radius 3 is 2.50 bits per heavy atom. The van der Waals surface area contributed by atoms with Gasteiger partial charge in [0.25, 0.3) is 11.8 Å². The Hall–Kier alpha value is -2.97. The topological polar surface area (TPSA) is 87.5 Å². The number of carbonyl (C=O) groups is 2. The van der Waals surface area contributed by atoms with Crippen LogP contribution < -0.4 is 4.90 Å². The molecule has 1 fully saturated rings. The van der Waals surface area contributed by atoms with Gasteiger partial charge in [0.2, 0.25) is 5.95 Å². The Morgan fingerprint density at radius 1 is 1.21 bits per heavy atom. The number of carbonyl (C=O) groups excluding carboxylic acids is 2.